The van der Waals surface area contributed by atoms with Crippen molar-refractivity contribution in [2.45, 2.75) is 51.6 Å². The summed E-state index contributed by atoms with van der Waals surface area (Å²) in [6.07, 6.45) is 5.80. The summed E-state index contributed by atoms with van der Waals surface area (Å²) in [6.45, 7) is 8.45. The zero-order valence-corrected chi connectivity index (χ0v) is 9.63. The fraction of sp³-hybridized carbons (Fsp3) is 1.00. The molecule has 3 atom stereocenters. The van der Waals surface area contributed by atoms with E-state index in [0.717, 1.165) is 12.0 Å². The smallest absolute Gasteiger partial charge is 0.0167 e. The molecule has 14 heavy (non-hydrogen) atoms. The average molecular weight is 196 g/mol. The molecule has 1 aliphatic carbocycles. The highest BCUT2D eigenvalue weighted by atomic mass is 15.2. The van der Waals surface area contributed by atoms with Crippen LogP contribution in [0.1, 0.15) is 39.5 Å². The first-order valence-corrected chi connectivity index (χ1v) is 6.25. The van der Waals surface area contributed by atoms with E-state index in [9.17, 15) is 0 Å². The van der Waals surface area contributed by atoms with Crippen LogP contribution in [-0.2, 0) is 0 Å². The van der Waals surface area contributed by atoms with Gasteiger partial charge in [-0.15, -0.1) is 0 Å². The average Bonchev–Trinajstić information content (AvgIpc) is 2.18. The molecular weight excluding hydrogens is 172 g/mol. The fourth-order valence-corrected chi connectivity index (χ4v) is 3.10. The zero-order valence-electron chi connectivity index (χ0n) is 9.63. The van der Waals surface area contributed by atoms with Gasteiger partial charge in [-0.3, -0.25) is 4.90 Å². The second-order valence-corrected chi connectivity index (χ2v) is 5.18. The first-order valence-electron chi connectivity index (χ1n) is 6.25. The van der Waals surface area contributed by atoms with Gasteiger partial charge in [0, 0.05) is 31.7 Å². The first kappa shape index (κ1) is 10.4. The van der Waals surface area contributed by atoms with Crippen LogP contribution in [0.5, 0.6) is 0 Å². The van der Waals surface area contributed by atoms with E-state index in [-0.39, 0.29) is 0 Å². The zero-order chi connectivity index (χ0) is 9.97. The van der Waals surface area contributed by atoms with E-state index in [4.69, 9.17) is 0 Å². The van der Waals surface area contributed by atoms with Crippen molar-refractivity contribution in [1.29, 1.82) is 0 Å². The van der Waals surface area contributed by atoms with E-state index in [1.807, 2.05) is 0 Å². The van der Waals surface area contributed by atoms with Crippen molar-refractivity contribution in [2.75, 3.05) is 19.6 Å². The maximum Gasteiger partial charge on any atom is 0.0167 e. The molecule has 1 saturated heterocycles. The topological polar surface area (TPSA) is 15.3 Å². The van der Waals surface area contributed by atoms with Gasteiger partial charge in [0.05, 0.1) is 0 Å². The molecule has 1 saturated carbocycles. The Labute approximate surface area is 88.1 Å². The van der Waals surface area contributed by atoms with Gasteiger partial charge in [0.15, 0.2) is 0 Å². The number of nitrogens with one attached hydrogen (secondary N) is 1. The Kier molecular flexibility index (Phi) is 3.45. The van der Waals surface area contributed by atoms with Gasteiger partial charge in [0.1, 0.15) is 0 Å². The van der Waals surface area contributed by atoms with Gasteiger partial charge in [0.25, 0.3) is 0 Å². The van der Waals surface area contributed by atoms with Crippen LogP contribution in [0.3, 0.4) is 0 Å². The third kappa shape index (κ3) is 2.29. The molecule has 1 heterocycles. The van der Waals surface area contributed by atoms with Gasteiger partial charge in [-0.05, 0) is 25.7 Å². The Morgan fingerprint density at radius 3 is 2.64 bits per heavy atom. The van der Waals surface area contributed by atoms with Crippen molar-refractivity contribution in [2.24, 2.45) is 5.92 Å². The lowest BCUT2D eigenvalue weighted by atomic mass is 9.84. The predicted octanol–water partition coefficient (Wildman–Crippen LogP) is 1.86. The highest BCUT2D eigenvalue weighted by molar-refractivity contribution is 4.85. The van der Waals surface area contributed by atoms with Crippen molar-refractivity contribution < 1.29 is 0 Å². The Bertz CT molecular complexity index is 181. The molecule has 0 spiro atoms. The van der Waals surface area contributed by atoms with Gasteiger partial charge >= 0.3 is 0 Å². The van der Waals surface area contributed by atoms with Crippen LogP contribution in [-0.4, -0.2) is 36.6 Å². The highest BCUT2D eigenvalue weighted by Crippen LogP contribution is 2.28. The summed E-state index contributed by atoms with van der Waals surface area (Å²) >= 11 is 0. The van der Waals surface area contributed by atoms with Gasteiger partial charge in [-0.25, -0.2) is 0 Å². The van der Waals surface area contributed by atoms with Crippen LogP contribution < -0.4 is 5.32 Å². The standard InChI is InChI=1S/C12H24N2/c1-10-5-3-4-6-12(10)14-8-7-13-11(2)9-14/h10-13H,3-9H2,1-2H3/t10?,11-,12?/m0/s1. The van der Waals surface area contributed by atoms with Crippen LogP contribution >= 0.6 is 0 Å². The third-order valence-corrected chi connectivity index (χ3v) is 3.94. The lowest BCUT2D eigenvalue weighted by Crippen LogP contribution is -2.54. The van der Waals surface area contributed by atoms with Gasteiger partial charge in [-0.1, -0.05) is 19.8 Å². The lowest BCUT2D eigenvalue weighted by Gasteiger charge is -2.42. The Morgan fingerprint density at radius 2 is 1.93 bits per heavy atom. The maximum absolute atomic E-state index is 3.52. The third-order valence-electron chi connectivity index (χ3n) is 3.94. The monoisotopic (exact) mass is 196 g/mol. The lowest BCUT2D eigenvalue weighted by molar-refractivity contribution is 0.0842. The second-order valence-electron chi connectivity index (χ2n) is 5.18. The molecule has 0 aromatic rings. The van der Waals surface area contributed by atoms with Gasteiger partial charge in [0.2, 0.25) is 0 Å². The summed E-state index contributed by atoms with van der Waals surface area (Å²) in [5.41, 5.74) is 0. The minimum atomic E-state index is 0.692. The summed E-state index contributed by atoms with van der Waals surface area (Å²) in [7, 11) is 0. The van der Waals surface area contributed by atoms with Crippen molar-refractivity contribution >= 4 is 0 Å². The van der Waals surface area contributed by atoms with E-state index in [1.165, 1.54) is 45.3 Å². The van der Waals surface area contributed by atoms with Crippen molar-refractivity contribution in [3.8, 4) is 0 Å². The van der Waals surface area contributed by atoms with Crippen LogP contribution in [0.25, 0.3) is 0 Å². The Hall–Kier alpha value is -0.0800. The minimum absolute atomic E-state index is 0.692. The van der Waals surface area contributed by atoms with Crippen molar-refractivity contribution in [3.05, 3.63) is 0 Å². The summed E-state index contributed by atoms with van der Waals surface area (Å²) in [4.78, 5) is 2.73. The van der Waals surface area contributed by atoms with Crippen LogP contribution in [0, 0.1) is 5.92 Å². The maximum atomic E-state index is 3.52. The molecule has 2 fully saturated rings. The molecule has 0 aromatic heterocycles. The second kappa shape index (κ2) is 4.63. The molecule has 2 heteroatoms. The molecule has 82 valence electrons. The van der Waals surface area contributed by atoms with Crippen molar-refractivity contribution in [3.63, 3.8) is 0 Å². The van der Waals surface area contributed by atoms with Crippen LogP contribution in [0.4, 0.5) is 0 Å². The van der Waals surface area contributed by atoms with E-state index < -0.39 is 0 Å². The molecule has 0 amide bonds. The molecule has 0 aromatic carbocycles. The first-order chi connectivity index (χ1) is 6.77. The number of hydrogen-bond donors (Lipinski definition) is 1. The highest BCUT2D eigenvalue weighted by Gasteiger charge is 2.29. The molecule has 2 unspecified atom stereocenters. The summed E-state index contributed by atoms with van der Waals surface area (Å²) < 4.78 is 0. The predicted molar refractivity (Wildman–Crippen MR) is 60.5 cm³/mol. The van der Waals surface area contributed by atoms with E-state index >= 15 is 0 Å². The van der Waals surface area contributed by atoms with Gasteiger partial charge < -0.3 is 5.32 Å². The molecule has 2 rings (SSSR count). The quantitative estimate of drug-likeness (QED) is 0.688. The van der Waals surface area contributed by atoms with E-state index in [1.54, 1.807) is 0 Å². The van der Waals surface area contributed by atoms with Crippen molar-refractivity contribution in [1.82, 2.24) is 10.2 Å². The molecular formula is C12H24N2. The molecule has 0 bridgehead atoms. The van der Waals surface area contributed by atoms with Gasteiger partial charge in [-0.2, -0.15) is 0 Å². The number of nitrogens with zero attached hydrogens (tertiary/aromatic N) is 1. The number of rotatable bonds is 1. The Morgan fingerprint density at radius 1 is 1.14 bits per heavy atom. The van der Waals surface area contributed by atoms with E-state index in [0.29, 0.717) is 6.04 Å². The largest absolute Gasteiger partial charge is 0.312 e. The molecule has 2 nitrogen and oxygen atoms in total. The molecule has 0 radical (unpaired) electrons. The Balaban J connectivity index is 1.91. The summed E-state index contributed by atoms with van der Waals surface area (Å²) in [5.74, 6) is 0.925. The molecule has 1 aliphatic heterocycles. The minimum Gasteiger partial charge on any atom is -0.312 e. The normalized spacial score (nSPS) is 41.1. The SMILES string of the molecule is CC1CCCCC1N1CCN[C@@H](C)C1. The van der Waals surface area contributed by atoms with Crippen LogP contribution in [0.2, 0.25) is 0 Å². The number of hydrogen-bond acceptors (Lipinski definition) is 2. The van der Waals surface area contributed by atoms with E-state index in [2.05, 4.69) is 24.1 Å². The number of piperazine rings is 1. The van der Waals surface area contributed by atoms with Crippen LogP contribution in [0.15, 0.2) is 0 Å². The summed E-state index contributed by atoms with van der Waals surface area (Å²) in [6, 6.07) is 1.58. The molecule has 2 aliphatic rings. The fourth-order valence-electron chi connectivity index (χ4n) is 3.10. The molecule has 1 N–H and O–H groups in total. The summed E-state index contributed by atoms with van der Waals surface area (Å²) in [5, 5.41) is 3.52.